The first-order valence-electron chi connectivity index (χ1n) is 7.27. The van der Waals surface area contributed by atoms with Crippen molar-refractivity contribution in [1.29, 1.82) is 0 Å². The van der Waals surface area contributed by atoms with Crippen LogP contribution < -0.4 is 4.72 Å². The first-order chi connectivity index (χ1) is 10.5. The Bertz CT molecular complexity index is 767. The first-order valence-corrected chi connectivity index (χ1v) is 8.76. The summed E-state index contributed by atoms with van der Waals surface area (Å²) in [5, 5.41) is 12.2. The van der Waals surface area contributed by atoms with E-state index in [2.05, 4.69) is 4.72 Å². The maximum atomic E-state index is 12.4. The SMILES string of the molecule is O=S(=O)(NCC1(O)CCOCC1)c1ccc2ccccc2c1. The van der Waals surface area contributed by atoms with Gasteiger partial charge in [0, 0.05) is 32.6 Å². The Hall–Kier alpha value is -1.47. The van der Waals surface area contributed by atoms with Crippen LogP contribution in [0.2, 0.25) is 0 Å². The number of sulfonamides is 1. The van der Waals surface area contributed by atoms with Crippen LogP contribution in [0.1, 0.15) is 12.8 Å². The van der Waals surface area contributed by atoms with Gasteiger partial charge in [0.2, 0.25) is 10.0 Å². The number of ether oxygens (including phenoxy) is 1. The lowest BCUT2D eigenvalue weighted by atomic mass is 9.95. The fourth-order valence-corrected chi connectivity index (χ4v) is 3.73. The molecule has 2 aromatic carbocycles. The van der Waals surface area contributed by atoms with Crippen LogP contribution in [0.4, 0.5) is 0 Å². The zero-order chi connectivity index (χ0) is 15.6. The van der Waals surface area contributed by atoms with Gasteiger partial charge in [-0.1, -0.05) is 30.3 Å². The van der Waals surface area contributed by atoms with E-state index in [1.54, 1.807) is 18.2 Å². The Labute approximate surface area is 130 Å². The van der Waals surface area contributed by atoms with E-state index in [1.165, 1.54) is 0 Å². The van der Waals surface area contributed by atoms with Crippen molar-refractivity contribution in [2.24, 2.45) is 0 Å². The Balaban J connectivity index is 1.79. The van der Waals surface area contributed by atoms with E-state index in [4.69, 9.17) is 4.74 Å². The maximum absolute atomic E-state index is 12.4. The number of benzene rings is 2. The van der Waals surface area contributed by atoms with Crippen LogP contribution in [0.25, 0.3) is 10.8 Å². The van der Waals surface area contributed by atoms with Gasteiger partial charge in [-0.2, -0.15) is 0 Å². The summed E-state index contributed by atoms with van der Waals surface area (Å²) in [6, 6.07) is 12.6. The fourth-order valence-electron chi connectivity index (χ4n) is 2.58. The molecule has 0 atom stereocenters. The molecule has 1 heterocycles. The summed E-state index contributed by atoms with van der Waals surface area (Å²) in [7, 11) is -3.64. The van der Waals surface area contributed by atoms with E-state index in [0.717, 1.165) is 10.8 Å². The summed E-state index contributed by atoms with van der Waals surface area (Å²) in [5.41, 5.74) is -1.03. The molecule has 2 N–H and O–H groups in total. The lowest BCUT2D eigenvalue weighted by molar-refractivity contribution is -0.0588. The molecule has 1 saturated heterocycles. The van der Waals surface area contributed by atoms with Gasteiger partial charge in [0.15, 0.2) is 0 Å². The predicted molar refractivity (Wildman–Crippen MR) is 84.1 cm³/mol. The van der Waals surface area contributed by atoms with Crippen LogP contribution >= 0.6 is 0 Å². The summed E-state index contributed by atoms with van der Waals surface area (Å²) in [5.74, 6) is 0. The minimum atomic E-state index is -3.64. The molecule has 0 unspecified atom stereocenters. The highest BCUT2D eigenvalue weighted by molar-refractivity contribution is 7.89. The van der Waals surface area contributed by atoms with Crippen LogP contribution in [0.3, 0.4) is 0 Å². The molecule has 5 nitrogen and oxygen atoms in total. The van der Waals surface area contributed by atoms with Gasteiger partial charge < -0.3 is 9.84 Å². The normalized spacial score (nSPS) is 18.4. The molecule has 0 bridgehead atoms. The molecule has 1 aliphatic heterocycles. The fraction of sp³-hybridized carbons (Fsp3) is 0.375. The highest BCUT2D eigenvalue weighted by Crippen LogP contribution is 2.22. The van der Waals surface area contributed by atoms with Crippen molar-refractivity contribution in [2.45, 2.75) is 23.3 Å². The third-order valence-electron chi connectivity index (χ3n) is 4.05. The van der Waals surface area contributed by atoms with E-state index in [9.17, 15) is 13.5 Å². The predicted octanol–water partition coefficient (Wildman–Crippen LogP) is 1.66. The second-order valence-electron chi connectivity index (χ2n) is 5.67. The standard InChI is InChI=1S/C16H19NO4S/c18-16(7-9-21-10-8-16)12-17-22(19,20)15-6-5-13-3-1-2-4-14(13)11-15/h1-6,11,17-18H,7-10,12H2. The van der Waals surface area contributed by atoms with E-state index < -0.39 is 15.6 Å². The van der Waals surface area contributed by atoms with Crippen molar-refractivity contribution in [1.82, 2.24) is 4.72 Å². The molecule has 0 aliphatic carbocycles. The molecule has 1 fully saturated rings. The maximum Gasteiger partial charge on any atom is 0.240 e. The molecule has 0 saturated carbocycles. The second-order valence-corrected chi connectivity index (χ2v) is 7.44. The number of rotatable bonds is 4. The molecule has 6 heteroatoms. The van der Waals surface area contributed by atoms with Gasteiger partial charge in [0.1, 0.15) is 0 Å². The average molecular weight is 321 g/mol. The molecule has 0 aromatic heterocycles. The smallest absolute Gasteiger partial charge is 0.240 e. The zero-order valence-electron chi connectivity index (χ0n) is 12.2. The molecule has 22 heavy (non-hydrogen) atoms. The van der Waals surface area contributed by atoms with Gasteiger partial charge in [0.05, 0.1) is 10.5 Å². The topological polar surface area (TPSA) is 75.6 Å². The molecule has 2 aromatic rings. The minimum absolute atomic E-state index is 0.00548. The van der Waals surface area contributed by atoms with Gasteiger partial charge in [-0.15, -0.1) is 0 Å². The van der Waals surface area contributed by atoms with E-state index in [-0.39, 0.29) is 11.4 Å². The Kier molecular flexibility index (Phi) is 4.18. The van der Waals surface area contributed by atoms with Crippen molar-refractivity contribution < 1.29 is 18.3 Å². The molecule has 1 aliphatic rings. The van der Waals surface area contributed by atoms with Crippen molar-refractivity contribution >= 4 is 20.8 Å². The molecule has 0 amide bonds. The second kappa shape index (κ2) is 5.96. The number of fused-ring (bicyclic) bond motifs is 1. The molecule has 0 spiro atoms. The van der Waals surface area contributed by atoms with Crippen LogP contribution in [-0.4, -0.2) is 38.9 Å². The lowest BCUT2D eigenvalue weighted by Gasteiger charge is -2.31. The largest absolute Gasteiger partial charge is 0.388 e. The van der Waals surface area contributed by atoms with Gasteiger partial charge in [-0.25, -0.2) is 13.1 Å². The van der Waals surface area contributed by atoms with Crippen LogP contribution in [0, 0.1) is 0 Å². The monoisotopic (exact) mass is 321 g/mol. The highest BCUT2D eigenvalue weighted by atomic mass is 32.2. The van der Waals surface area contributed by atoms with Crippen LogP contribution in [0.15, 0.2) is 47.4 Å². The Morgan fingerprint density at radius 3 is 2.50 bits per heavy atom. The Morgan fingerprint density at radius 2 is 1.77 bits per heavy atom. The third kappa shape index (κ3) is 3.30. The van der Waals surface area contributed by atoms with Gasteiger partial charge in [0.25, 0.3) is 0 Å². The summed E-state index contributed by atoms with van der Waals surface area (Å²) in [6.07, 6.45) is 0.875. The van der Waals surface area contributed by atoms with E-state index in [0.29, 0.717) is 26.1 Å². The summed E-state index contributed by atoms with van der Waals surface area (Å²) < 4.78 is 32.5. The number of nitrogens with one attached hydrogen (secondary N) is 1. The highest BCUT2D eigenvalue weighted by Gasteiger charge is 2.31. The molecule has 3 rings (SSSR count). The molecule has 0 radical (unpaired) electrons. The Morgan fingerprint density at radius 1 is 1.09 bits per heavy atom. The summed E-state index contributed by atoms with van der Waals surface area (Å²) in [4.78, 5) is 0.210. The van der Waals surface area contributed by atoms with Crippen molar-refractivity contribution in [3.63, 3.8) is 0 Å². The zero-order valence-corrected chi connectivity index (χ0v) is 13.0. The minimum Gasteiger partial charge on any atom is -0.388 e. The van der Waals surface area contributed by atoms with Crippen molar-refractivity contribution in [2.75, 3.05) is 19.8 Å². The quantitative estimate of drug-likeness (QED) is 0.898. The number of aliphatic hydroxyl groups is 1. The third-order valence-corrected chi connectivity index (χ3v) is 5.44. The van der Waals surface area contributed by atoms with E-state index >= 15 is 0 Å². The lowest BCUT2D eigenvalue weighted by Crippen LogP contribution is -2.46. The van der Waals surface area contributed by atoms with Gasteiger partial charge in [-0.3, -0.25) is 0 Å². The number of hydrogen-bond acceptors (Lipinski definition) is 4. The van der Waals surface area contributed by atoms with Crippen molar-refractivity contribution in [3.8, 4) is 0 Å². The van der Waals surface area contributed by atoms with Crippen molar-refractivity contribution in [3.05, 3.63) is 42.5 Å². The first kappa shape index (κ1) is 15.4. The van der Waals surface area contributed by atoms with Crippen LogP contribution in [-0.2, 0) is 14.8 Å². The summed E-state index contributed by atoms with van der Waals surface area (Å²) >= 11 is 0. The van der Waals surface area contributed by atoms with E-state index in [1.807, 2.05) is 24.3 Å². The molecule has 118 valence electrons. The van der Waals surface area contributed by atoms with Crippen LogP contribution in [0.5, 0.6) is 0 Å². The number of hydrogen-bond donors (Lipinski definition) is 2. The average Bonchev–Trinajstić information content (AvgIpc) is 2.53. The van der Waals surface area contributed by atoms with Gasteiger partial charge in [-0.05, 0) is 22.9 Å². The summed E-state index contributed by atoms with van der Waals surface area (Å²) in [6.45, 7) is 0.911. The molecular formula is C16H19NO4S. The van der Waals surface area contributed by atoms with Gasteiger partial charge >= 0.3 is 0 Å². The molecular weight excluding hydrogens is 302 g/mol.